The minimum atomic E-state index is 0.839. The summed E-state index contributed by atoms with van der Waals surface area (Å²) in [5, 5.41) is 1.27. The number of nitrogens with zero attached hydrogens (tertiary/aromatic N) is 2. The molecule has 4 rings (SSSR count). The van der Waals surface area contributed by atoms with Crippen molar-refractivity contribution in [3.63, 3.8) is 0 Å². The maximum atomic E-state index is 4.92. The first-order valence-corrected chi connectivity index (χ1v) is 8.92. The van der Waals surface area contributed by atoms with Crippen LogP contribution in [0.25, 0.3) is 22.2 Å². The summed E-state index contributed by atoms with van der Waals surface area (Å²) in [5.41, 5.74) is 5.97. The topological polar surface area (TPSA) is 16.1 Å². The van der Waals surface area contributed by atoms with Crippen LogP contribution in [0.1, 0.15) is 25.3 Å². The van der Waals surface area contributed by atoms with Crippen LogP contribution < -0.4 is 4.90 Å². The number of hydrogen-bond donors (Lipinski definition) is 0. The molecular formula is C22H24N2. The van der Waals surface area contributed by atoms with Crippen molar-refractivity contribution < 1.29 is 0 Å². The van der Waals surface area contributed by atoms with Gasteiger partial charge in [-0.25, -0.2) is 4.98 Å². The molecule has 1 aliphatic rings. The Morgan fingerprint density at radius 2 is 1.67 bits per heavy atom. The number of aromatic nitrogens is 1. The van der Waals surface area contributed by atoms with Gasteiger partial charge in [0.15, 0.2) is 0 Å². The third-order valence-electron chi connectivity index (χ3n) is 5.17. The second kappa shape index (κ2) is 6.27. The second-order valence-electron chi connectivity index (χ2n) is 7.08. The zero-order valence-corrected chi connectivity index (χ0v) is 14.5. The summed E-state index contributed by atoms with van der Waals surface area (Å²) >= 11 is 0. The molecule has 0 aliphatic carbocycles. The summed E-state index contributed by atoms with van der Waals surface area (Å²) in [4.78, 5) is 7.46. The summed E-state index contributed by atoms with van der Waals surface area (Å²) in [5.74, 6) is 0.839. The number of benzene rings is 2. The Balaban J connectivity index is 1.83. The highest BCUT2D eigenvalue weighted by Crippen LogP contribution is 2.33. The Morgan fingerprint density at radius 3 is 2.42 bits per heavy atom. The molecule has 0 saturated carbocycles. The Morgan fingerprint density at radius 1 is 0.958 bits per heavy atom. The average molecular weight is 316 g/mol. The lowest BCUT2D eigenvalue weighted by Crippen LogP contribution is -2.32. The van der Waals surface area contributed by atoms with Crippen molar-refractivity contribution in [3.8, 4) is 11.3 Å². The van der Waals surface area contributed by atoms with E-state index in [1.54, 1.807) is 0 Å². The summed E-state index contributed by atoms with van der Waals surface area (Å²) in [6, 6.07) is 19.5. The highest BCUT2D eigenvalue weighted by molar-refractivity contribution is 5.94. The number of hydrogen-bond acceptors (Lipinski definition) is 2. The quantitative estimate of drug-likeness (QED) is 0.625. The first kappa shape index (κ1) is 15.2. The van der Waals surface area contributed by atoms with Gasteiger partial charge in [-0.05, 0) is 37.8 Å². The lowest BCUT2D eigenvalue weighted by atomic mass is 9.97. The predicted molar refractivity (Wildman–Crippen MR) is 103 cm³/mol. The summed E-state index contributed by atoms with van der Waals surface area (Å²) in [6.45, 7) is 6.77. The van der Waals surface area contributed by atoms with E-state index in [0.29, 0.717) is 0 Å². The first-order chi connectivity index (χ1) is 11.7. The van der Waals surface area contributed by atoms with E-state index in [-0.39, 0.29) is 0 Å². The third kappa shape index (κ3) is 2.89. The Labute approximate surface area is 144 Å². The molecule has 2 nitrogen and oxygen atoms in total. The first-order valence-electron chi connectivity index (χ1n) is 8.92. The van der Waals surface area contributed by atoms with Gasteiger partial charge in [0.1, 0.15) is 0 Å². The van der Waals surface area contributed by atoms with E-state index in [1.165, 1.54) is 35.0 Å². The van der Waals surface area contributed by atoms with Gasteiger partial charge < -0.3 is 4.90 Å². The van der Waals surface area contributed by atoms with Crippen LogP contribution >= 0.6 is 0 Å². The summed E-state index contributed by atoms with van der Waals surface area (Å²) < 4.78 is 0. The van der Waals surface area contributed by atoms with Gasteiger partial charge in [-0.1, -0.05) is 55.0 Å². The fraction of sp³-hybridized carbons (Fsp3) is 0.318. The number of fused-ring (bicyclic) bond motifs is 1. The van der Waals surface area contributed by atoms with Crippen LogP contribution in [0, 0.1) is 12.8 Å². The van der Waals surface area contributed by atoms with Crippen LogP contribution in [-0.2, 0) is 0 Å². The van der Waals surface area contributed by atoms with Crippen LogP contribution in [0.15, 0.2) is 54.6 Å². The van der Waals surface area contributed by atoms with Crippen LogP contribution in [0.4, 0.5) is 5.69 Å². The van der Waals surface area contributed by atoms with E-state index in [2.05, 4.69) is 73.3 Å². The van der Waals surface area contributed by atoms with Crippen LogP contribution in [0.3, 0.4) is 0 Å². The van der Waals surface area contributed by atoms with Crippen LogP contribution in [-0.4, -0.2) is 18.1 Å². The van der Waals surface area contributed by atoms with Crippen molar-refractivity contribution in [1.82, 2.24) is 4.98 Å². The molecule has 122 valence electrons. The molecule has 0 amide bonds. The van der Waals surface area contributed by atoms with Crippen molar-refractivity contribution in [1.29, 1.82) is 0 Å². The highest BCUT2D eigenvalue weighted by atomic mass is 15.1. The number of aryl methyl sites for hydroxylation is 1. The van der Waals surface area contributed by atoms with E-state index in [4.69, 9.17) is 4.98 Å². The van der Waals surface area contributed by atoms with Crippen LogP contribution in [0.5, 0.6) is 0 Å². The lowest BCUT2D eigenvalue weighted by molar-refractivity contribution is 0.439. The Bertz CT molecular complexity index is 843. The molecule has 2 aromatic carbocycles. The number of rotatable bonds is 2. The van der Waals surface area contributed by atoms with Gasteiger partial charge in [0.2, 0.25) is 0 Å². The van der Waals surface area contributed by atoms with E-state index in [1.807, 2.05) is 0 Å². The molecule has 1 fully saturated rings. The highest BCUT2D eigenvalue weighted by Gasteiger charge is 2.19. The van der Waals surface area contributed by atoms with E-state index in [0.717, 1.165) is 30.2 Å². The Hall–Kier alpha value is -2.35. The van der Waals surface area contributed by atoms with Crippen molar-refractivity contribution in [2.24, 2.45) is 5.92 Å². The van der Waals surface area contributed by atoms with Gasteiger partial charge in [-0.3, -0.25) is 0 Å². The van der Waals surface area contributed by atoms with Gasteiger partial charge in [-0.2, -0.15) is 0 Å². The lowest BCUT2D eigenvalue weighted by Gasteiger charge is -2.33. The van der Waals surface area contributed by atoms with Crippen molar-refractivity contribution >= 4 is 16.6 Å². The van der Waals surface area contributed by atoms with E-state index >= 15 is 0 Å². The minimum absolute atomic E-state index is 0.839. The molecule has 0 atom stereocenters. The van der Waals surface area contributed by atoms with E-state index in [9.17, 15) is 0 Å². The van der Waals surface area contributed by atoms with Gasteiger partial charge >= 0.3 is 0 Å². The number of piperidine rings is 1. The van der Waals surface area contributed by atoms with Gasteiger partial charge in [-0.15, -0.1) is 0 Å². The van der Waals surface area contributed by atoms with Crippen molar-refractivity contribution in [2.45, 2.75) is 26.7 Å². The molecule has 0 spiro atoms. The largest absolute Gasteiger partial charge is 0.371 e. The average Bonchev–Trinajstić information content (AvgIpc) is 2.62. The maximum absolute atomic E-state index is 4.92. The minimum Gasteiger partial charge on any atom is -0.371 e. The normalized spacial score (nSPS) is 15.8. The molecule has 0 unspecified atom stereocenters. The molecule has 0 N–H and O–H groups in total. The number of anilines is 1. The van der Waals surface area contributed by atoms with Gasteiger partial charge in [0, 0.05) is 29.7 Å². The molecule has 1 saturated heterocycles. The summed E-state index contributed by atoms with van der Waals surface area (Å²) in [7, 11) is 0. The van der Waals surface area contributed by atoms with Crippen molar-refractivity contribution in [2.75, 3.05) is 18.0 Å². The SMILES string of the molecule is Cc1ccc(-c2cc(N3CCC(C)CC3)c3ccccc3n2)cc1. The molecule has 1 aromatic heterocycles. The molecule has 0 radical (unpaired) electrons. The standard InChI is InChI=1S/C22H24N2/c1-16-7-9-18(10-8-16)21-15-22(24-13-11-17(2)12-14-24)19-5-3-4-6-20(19)23-21/h3-10,15,17H,11-14H2,1-2H3. The fourth-order valence-electron chi connectivity index (χ4n) is 3.54. The molecule has 24 heavy (non-hydrogen) atoms. The molecule has 0 bridgehead atoms. The Kier molecular flexibility index (Phi) is 3.97. The molecule has 3 aromatic rings. The number of pyridine rings is 1. The maximum Gasteiger partial charge on any atom is 0.0730 e. The van der Waals surface area contributed by atoms with Gasteiger partial charge in [0.25, 0.3) is 0 Å². The smallest absolute Gasteiger partial charge is 0.0730 e. The molecule has 2 heteroatoms. The summed E-state index contributed by atoms with van der Waals surface area (Å²) in [6.07, 6.45) is 2.55. The predicted octanol–water partition coefficient (Wildman–Crippen LogP) is 5.45. The number of para-hydroxylation sites is 1. The third-order valence-corrected chi connectivity index (χ3v) is 5.17. The second-order valence-corrected chi connectivity index (χ2v) is 7.08. The van der Waals surface area contributed by atoms with Crippen LogP contribution in [0.2, 0.25) is 0 Å². The molecule has 1 aliphatic heterocycles. The zero-order valence-electron chi connectivity index (χ0n) is 14.5. The molecule has 2 heterocycles. The van der Waals surface area contributed by atoms with E-state index < -0.39 is 0 Å². The zero-order chi connectivity index (χ0) is 16.5. The van der Waals surface area contributed by atoms with Crippen molar-refractivity contribution in [3.05, 3.63) is 60.2 Å². The monoisotopic (exact) mass is 316 g/mol. The van der Waals surface area contributed by atoms with Gasteiger partial charge in [0.05, 0.1) is 11.2 Å². The fourth-order valence-corrected chi connectivity index (χ4v) is 3.54. The molecular weight excluding hydrogens is 292 g/mol.